The minimum absolute atomic E-state index is 0.0288. The normalized spacial score (nSPS) is 13.4. The first kappa shape index (κ1) is 18.8. The lowest BCUT2D eigenvalue weighted by atomic mass is 10.1. The highest BCUT2D eigenvalue weighted by molar-refractivity contribution is 7.99. The number of anilines is 1. The number of nitrogens with zero attached hydrogens (tertiary/aromatic N) is 1. The molecule has 1 heterocycles. The number of aryl methyl sites for hydroxylation is 1. The van der Waals surface area contributed by atoms with Crippen molar-refractivity contribution in [2.75, 3.05) is 18.2 Å². The molecule has 0 saturated heterocycles. The molecule has 1 amide bonds. The molecule has 3 rings (SSSR count). The van der Waals surface area contributed by atoms with Gasteiger partial charge in [0.25, 0.3) is 0 Å². The average Bonchev–Trinajstić information content (AvgIpc) is 2.81. The van der Waals surface area contributed by atoms with Gasteiger partial charge >= 0.3 is 0 Å². The van der Waals surface area contributed by atoms with Crippen LogP contribution in [0.25, 0.3) is 0 Å². The number of ether oxygens (including phenoxy) is 1. The van der Waals surface area contributed by atoms with E-state index in [4.69, 9.17) is 4.74 Å². The van der Waals surface area contributed by atoms with Gasteiger partial charge in [0.1, 0.15) is 16.8 Å². The SMILES string of the molecule is COc1ccc(SCCC(=O)Nc2sc3c(c2C#N)CCCCC3)cc1. The monoisotopic (exact) mass is 386 g/mol. The number of methoxy groups -OCH3 is 1. The smallest absolute Gasteiger partial charge is 0.225 e. The van der Waals surface area contributed by atoms with Gasteiger partial charge in [-0.1, -0.05) is 6.42 Å². The summed E-state index contributed by atoms with van der Waals surface area (Å²) in [6.45, 7) is 0. The Hall–Kier alpha value is -1.97. The number of carbonyl (C=O) groups is 1. The second-order valence-corrected chi connectivity index (χ2v) is 8.48. The van der Waals surface area contributed by atoms with E-state index in [0.717, 1.165) is 40.5 Å². The van der Waals surface area contributed by atoms with Crippen molar-refractivity contribution < 1.29 is 9.53 Å². The third kappa shape index (κ3) is 4.60. The fourth-order valence-electron chi connectivity index (χ4n) is 3.07. The number of thiophene rings is 1. The van der Waals surface area contributed by atoms with E-state index < -0.39 is 0 Å². The third-order valence-corrected chi connectivity index (χ3v) is 6.66. The van der Waals surface area contributed by atoms with Crippen LogP contribution in [0.1, 0.15) is 41.7 Å². The highest BCUT2D eigenvalue weighted by Gasteiger charge is 2.20. The van der Waals surface area contributed by atoms with Gasteiger partial charge in [-0.05, 0) is 55.5 Å². The first-order chi connectivity index (χ1) is 12.7. The zero-order valence-corrected chi connectivity index (χ0v) is 16.5. The molecule has 0 spiro atoms. The molecule has 0 atom stereocenters. The predicted molar refractivity (Wildman–Crippen MR) is 107 cm³/mol. The van der Waals surface area contributed by atoms with Gasteiger partial charge in [0, 0.05) is 21.9 Å². The van der Waals surface area contributed by atoms with Crippen molar-refractivity contribution in [2.24, 2.45) is 0 Å². The number of carbonyl (C=O) groups excluding carboxylic acids is 1. The lowest BCUT2D eigenvalue weighted by molar-refractivity contribution is -0.115. The second kappa shape index (κ2) is 9.11. The van der Waals surface area contributed by atoms with E-state index in [9.17, 15) is 10.1 Å². The van der Waals surface area contributed by atoms with Gasteiger partial charge in [0.2, 0.25) is 5.91 Å². The Bertz CT molecular complexity index is 806. The number of rotatable bonds is 6. The number of amides is 1. The molecule has 0 bridgehead atoms. The highest BCUT2D eigenvalue weighted by Crippen LogP contribution is 2.37. The van der Waals surface area contributed by atoms with Crippen LogP contribution in [0.3, 0.4) is 0 Å². The average molecular weight is 387 g/mol. The van der Waals surface area contributed by atoms with Crippen molar-refractivity contribution in [3.8, 4) is 11.8 Å². The Balaban J connectivity index is 1.55. The van der Waals surface area contributed by atoms with E-state index in [-0.39, 0.29) is 5.91 Å². The standard InChI is InChI=1S/C20H22N2O2S2/c1-24-14-7-9-15(10-8-14)25-12-11-19(23)22-20-17(13-21)16-5-3-2-4-6-18(16)26-20/h7-10H,2-6,11-12H2,1H3,(H,22,23). The summed E-state index contributed by atoms with van der Waals surface area (Å²) in [7, 11) is 1.64. The lowest BCUT2D eigenvalue weighted by Gasteiger charge is -2.05. The Labute approximate surface area is 162 Å². The largest absolute Gasteiger partial charge is 0.497 e. The summed E-state index contributed by atoms with van der Waals surface area (Å²) in [5.74, 6) is 1.50. The molecule has 26 heavy (non-hydrogen) atoms. The number of hydrogen-bond acceptors (Lipinski definition) is 5. The Morgan fingerprint density at radius 1 is 1.27 bits per heavy atom. The molecule has 0 unspecified atom stereocenters. The van der Waals surface area contributed by atoms with E-state index in [1.165, 1.54) is 17.7 Å². The van der Waals surface area contributed by atoms with Crippen LogP contribution in [0.2, 0.25) is 0 Å². The molecule has 6 heteroatoms. The number of fused-ring (bicyclic) bond motifs is 1. The van der Waals surface area contributed by atoms with E-state index in [1.54, 1.807) is 30.2 Å². The molecule has 2 aromatic rings. The van der Waals surface area contributed by atoms with Gasteiger partial charge in [-0.3, -0.25) is 4.79 Å². The van der Waals surface area contributed by atoms with Crippen molar-refractivity contribution in [3.63, 3.8) is 0 Å². The topological polar surface area (TPSA) is 62.1 Å². The lowest BCUT2D eigenvalue weighted by Crippen LogP contribution is -2.12. The van der Waals surface area contributed by atoms with Crippen LogP contribution in [0.15, 0.2) is 29.2 Å². The summed E-state index contributed by atoms with van der Waals surface area (Å²) in [5, 5.41) is 13.2. The highest BCUT2D eigenvalue weighted by atomic mass is 32.2. The van der Waals surface area contributed by atoms with Gasteiger partial charge in [-0.2, -0.15) is 5.26 Å². The van der Waals surface area contributed by atoms with Crippen LogP contribution in [0, 0.1) is 11.3 Å². The zero-order chi connectivity index (χ0) is 18.4. The van der Waals surface area contributed by atoms with Crippen LogP contribution >= 0.6 is 23.1 Å². The minimum atomic E-state index is -0.0288. The van der Waals surface area contributed by atoms with Gasteiger partial charge in [0.15, 0.2) is 0 Å². The Kier molecular flexibility index (Phi) is 6.59. The van der Waals surface area contributed by atoms with Gasteiger partial charge in [-0.25, -0.2) is 0 Å². The maximum Gasteiger partial charge on any atom is 0.225 e. The molecule has 0 saturated carbocycles. The molecule has 136 valence electrons. The molecule has 1 aromatic heterocycles. The molecule has 1 N–H and O–H groups in total. The van der Waals surface area contributed by atoms with Crippen molar-refractivity contribution in [1.29, 1.82) is 5.26 Å². The van der Waals surface area contributed by atoms with Crippen molar-refractivity contribution in [2.45, 2.75) is 43.4 Å². The molecule has 0 aliphatic heterocycles. The second-order valence-electron chi connectivity index (χ2n) is 6.20. The summed E-state index contributed by atoms with van der Waals surface area (Å²) >= 11 is 3.23. The van der Waals surface area contributed by atoms with Crippen LogP contribution in [0.4, 0.5) is 5.00 Å². The molecule has 1 aliphatic carbocycles. The molecule has 0 radical (unpaired) electrons. The number of thioether (sulfide) groups is 1. The molecule has 0 fully saturated rings. The van der Waals surface area contributed by atoms with Crippen molar-refractivity contribution in [3.05, 3.63) is 40.3 Å². The zero-order valence-electron chi connectivity index (χ0n) is 14.8. The number of nitrogens with one attached hydrogen (secondary N) is 1. The van der Waals surface area contributed by atoms with E-state index in [1.807, 2.05) is 24.3 Å². The first-order valence-corrected chi connectivity index (χ1v) is 10.6. The van der Waals surface area contributed by atoms with Gasteiger partial charge in [-0.15, -0.1) is 23.1 Å². The quantitative estimate of drug-likeness (QED) is 0.559. The van der Waals surface area contributed by atoms with E-state index >= 15 is 0 Å². The van der Waals surface area contributed by atoms with Crippen molar-refractivity contribution >= 4 is 34.0 Å². The van der Waals surface area contributed by atoms with Crippen LogP contribution in [-0.4, -0.2) is 18.8 Å². The summed E-state index contributed by atoms with van der Waals surface area (Å²) in [6, 6.07) is 10.1. The number of benzene rings is 1. The van der Waals surface area contributed by atoms with Crippen molar-refractivity contribution in [1.82, 2.24) is 0 Å². The van der Waals surface area contributed by atoms with Crippen LogP contribution < -0.4 is 10.1 Å². The number of hydrogen-bond donors (Lipinski definition) is 1. The summed E-state index contributed by atoms with van der Waals surface area (Å²) in [4.78, 5) is 14.7. The molecular weight excluding hydrogens is 364 g/mol. The maximum absolute atomic E-state index is 12.3. The summed E-state index contributed by atoms with van der Waals surface area (Å²) < 4.78 is 5.14. The molecule has 1 aliphatic rings. The first-order valence-electron chi connectivity index (χ1n) is 8.82. The Morgan fingerprint density at radius 2 is 2.04 bits per heavy atom. The van der Waals surface area contributed by atoms with Crippen LogP contribution in [-0.2, 0) is 17.6 Å². The number of nitriles is 1. The van der Waals surface area contributed by atoms with Gasteiger partial charge < -0.3 is 10.1 Å². The predicted octanol–water partition coefficient (Wildman–Crippen LogP) is 5.02. The minimum Gasteiger partial charge on any atom is -0.497 e. The van der Waals surface area contributed by atoms with E-state index in [2.05, 4.69) is 11.4 Å². The fourth-order valence-corrected chi connectivity index (χ4v) is 5.18. The molecular formula is C20H22N2O2S2. The summed E-state index contributed by atoms with van der Waals surface area (Å²) in [5.41, 5.74) is 1.85. The van der Waals surface area contributed by atoms with Crippen LogP contribution in [0.5, 0.6) is 5.75 Å². The van der Waals surface area contributed by atoms with Gasteiger partial charge in [0.05, 0.1) is 12.7 Å². The molecule has 4 nitrogen and oxygen atoms in total. The summed E-state index contributed by atoms with van der Waals surface area (Å²) in [6.07, 6.45) is 5.92. The maximum atomic E-state index is 12.3. The van der Waals surface area contributed by atoms with E-state index in [0.29, 0.717) is 17.7 Å². The molecule has 1 aromatic carbocycles. The third-order valence-electron chi connectivity index (χ3n) is 4.44. The fraction of sp³-hybridized carbons (Fsp3) is 0.400. The Morgan fingerprint density at radius 3 is 2.77 bits per heavy atom.